The van der Waals surface area contributed by atoms with Gasteiger partial charge < -0.3 is 27.9 Å². The number of carbonyl (C=O) groups excluding carboxylic acids is 1. The van der Waals surface area contributed by atoms with Gasteiger partial charge in [0, 0.05) is 13.0 Å². The highest BCUT2D eigenvalue weighted by Crippen LogP contribution is 2.38. The van der Waals surface area contributed by atoms with Crippen molar-refractivity contribution in [3.05, 3.63) is 12.2 Å². The molecule has 328 valence electrons. The van der Waals surface area contributed by atoms with Crippen LogP contribution >= 0.6 is 7.82 Å². The molecular formula is C46H92NO7P. The van der Waals surface area contributed by atoms with Crippen LogP contribution in [-0.4, -0.2) is 70.7 Å². The van der Waals surface area contributed by atoms with Gasteiger partial charge in [-0.3, -0.25) is 9.36 Å². The molecule has 0 aliphatic heterocycles. The summed E-state index contributed by atoms with van der Waals surface area (Å²) in [6.07, 6.45) is 43.7. The fraction of sp³-hybridized carbons (Fsp3) is 0.935. The summed E-state index contributed by atoms with van der Waals surface area (Å²) in [5.41, 5.74) is 0. The number of phosphoric acid groups is 1. The maximum absolute atomic E-state index is 12.7. The highest BCUT2D eigenvalue weighted by molar-refractivity contribution is 7.45. The van der Waals surface area contributed by atoms with E-state index in [4.69, 9.17) is 18.5 Å². The Morgan fingerprint density at radius 3 is 1.42 bits per heavy atom. The lowest BCUT2D eigenvalue weighted by molar-refractivity contribution is -0.870. The van der Waals surface area contributed by atoms with Crippen molar-refractivity contribution in [3.63, 3.8) is 0 Å². The summed E-state index contributed by atoms with van der Waals surface area (Å²) in [7, 11) is 1.36. The summed E-state index contributed by atoms with van der Waals surface area (Å²) < 4.78 is 34.6. The quantitative estimate of drug-likeness (QED) is 0.0199. The lowest BCUT2D eigenvalue weighted by atomic mass is 10.0. The van der Waals surface area contributed by atoms with Crippen LogP contribution in [0.5, 0.6) is 0 Å². The molecule has 55 heavy (non-hydrogen) atoms. The van der Waals surface area contributed by atoms with E-state index in [0.717, 1.165) is 32.1 Å². The second kappa shape index (κ2) is 40.0. The van der Waals surface area contributed by atoms with E-state index in [-0.39, 0.29) is 25.8 Å². The van der Waals surface area contributed by atoms with Crippen molar-refractivity contribution in [3.8, 4) is 0 Å². The molecular weight excluding hydrogens is 709 g/mol. The number of hydrogen-bond acceptors (Lipinski definition) is 7. The van der Waals surface area contributed by atoms with E-state index in [9.17, 15) is 14.3 Å². The fourth-order valence-electron chi connectivity index (χ4n) is 6.66. The van der Waals surface area contributed by atoms with Gasteiger partial charge in [0.1, 0.15) is 19.3 Å². The van der Waals surface area contributed by atoms with Crippen LogP contribution in [-0.2, 0) is 27.9 Å². The molecule has 8 nitrogen and oxygen atoms in total. The Morgan fingerprint density at radius 2 is 0.945 bits per heavy atom. The number of hydrogen-bond donors (Lipinski definition) is 0. The number of likely N-dealkylation sites (N-methyl/N-ethyl adjacent to an activating group) is 1. The smallest absolute Gasteiger partial charge is 0.306 e. The van der Waals surface area contributed by atoms with Crippen molar-refractivity contribution >= 4 is 13.8 Å². The minimum atomic E-state index is -4.52. The summed E-state index contributed by atoms with van der Waals surface area (Å²) >= 11 is 0. The molecule has 0 fully saturated rings. The van der Waals surface area contributed by atoms with Gasteiger partial charge in [-0.1, -0.05) is 187 Å². The van der Waals surface area contributed by atoms with Gasteiger partial charge in [0.15, 0.2) is 0 Å². The molecule has 0 saturated carbocycles. The van der Waals surface area contributed by atoms with E-state index < -0.39 is 13.9 Å². The maximum atomic E-state index is 12.7. The first-order valence-corrected chi connectivity index (χ1v) is 24.9. The van der Waals surface area contributed by atoms with Crippen molar-refractivity contribution in [2.45, 2.75) is 225 Å². The topological polar surface area (TPSA) is 94.1 Å². The number of ether oxygens (including phenoxy) is 2. The zero-order chi connectivity index (χ0) is 40.6. The molecule has 0 aromatic heterocycles. The second-order valence-electron chi connectivity index (χ2n) is 17.1. The highest BCUT2D eigenvalue weighted by Gasteiger charge is 2.20. The minimum absolute atomic E-state index is 0.0282. The third-order valence-corrected chi connectivity index (χ3v) is 11.3. The van der Waals surface area contributed by atoms with Gasteiger partial charge in [-0.05, 0) is 38.5 Å². The van der Waals surface area contributed by atoms with Crippen LogP contribution in [0.1, 0.15) is 219 Å². The predicted molar refractivity (Wildman–Crippen MR) is 231 cm³/mol. The molecule has 0 aliphatic carbocycles. The Kier molecular flexibility index (Phi) is 39.5. The first kappa shape index (κ1) is 54.2. The van der Waals surface area contributed by atoms with Crippen LogP contribution in [0.4, 0.5) is 0 Å². The van der Waals surface area contributed by atoms with Crippen LogP contribution in [0.15, 0.2) is 12.2 Å². The molecule has 0 saturated heterocycles. The minimum Gasteiger partial charge on any atom is -0.756 e. The molecule has 2 unspecified atom stereocenters. The molecule has 0 N–H and O–H groups in total. The molecule has 0 bridgehead atoms. The predicted octanol–water partition coefficient (Wildman–Crippen LogP) is 13.2. The Morgan fingerprint density at radius 1 is 0.545 bits per heavy atom. The average molecular weight is 802 g/mol. The number of phosphoric ester groups is 1. The number of quaternary nitrogens is 1. The number of carbonyl (C=O) groups is 1. The number of rotatable bonds is 44. The van der Waals surface area contributed by atoms with Crippen LogP contribution in [0.2, 0.25) is 0 Å². The van der Waals surface area contributed by atoms with Gasteiger partial charge in [0.05, 0.1) is 34.4 Å². The van der Waals surface area contributed by atoms with E-state index in [2.05, 4.69) is 26.0 Å². The van der Waals surface area contributed by atoms with E-state index in [1.165, 1.54) is 167 Å². The third kappa shape index (κ3) is 44.2. The molecule has 0 aromatic rings. The zero-order valence-corrected chi connectivity index (χ0v) is 38.0. The van der Waals surface area contributed by atoms with Crippen molar-refractivity contribution < 1.29 is 37.3 Å². The lowest BCUT2D eigenvalue weighted by Crippen LogP contribution is -2.37. The molecule has 2 atom stereocenters. The highest BCUT2D eigenvalue weighted by atomic mass is 31.2. The Balaban J connectivity index is 4.13. The van der Waals surface area contributed by atoms with Crippen molar-refractivity contribution in [1.29, 1.82) is 0 Å². The summed E-state index contributed by atoms with van der Waals surface area (Å²) in [5, 5.41) is 0. The van der Waals surface area contributed by atoms with Gasteiger partial charge in [-0.2, -0.15) is 0 Å². The van der Waals surface area contributed by atoms with Crippen molar-refractivity contribution in [1.82, 2.24) is 0 Å². The van der Waals surface area contributed by atoms with Crippen LogP contribution in [0, 0.1) is 0 Å². The fourth-order valence-corrected chi connectivity index (χ4v) is 7.39. The molecule has 0 heterocycles. The van der Waals surface area contributed by atoms with Gasteiger partial charge in [-0.25, -0.2) is 0 Å². The summed E-state index contributed by atoms with van der Waals surface area (Å²) in [6, 6.07) is 0. The Bertz CT molecular complexity index is 894. The molecule has 0 radical (unpaired) electrons. The van der Waals surface area contributed by atoms with Gasteiger partial charge in [-0.15, -0.1) is 0 Å². The molecule has 0 spiro atoms. The third-order valence-electron chi connectivity index (χ3n) is 10.3. The van der Waals surface area contributed by atoms with Crippen molar-refractivity contribution in [2.75, 3.05) is 54.1 Å². The van der Waals surface area contributed by atoms with E-state index in [1.807, 2.05) is 21.1 Å². The largest absolute Gasteiger partial charge is 0.756 e. The average Bonchev–Trinajstić information content (AvgIpc) is 3.13. The molecule has 0 aromatic carbocycles. The van der Waals surface area contributed by atoms with Crippen molar-refractivity contribution in [2.24, 2.45) is 0 Å². The van der Waals surface area contributed by atoms with E-state index in [0.29, 0.717) is 24.1 Å². The van der Waals surface area contributed by atoms with E-state index in [1.54, 1.807) is 0 Å². The summed E-state index contributed by atoms with van der Waals surface area (Å²) in [5.74, 6) is -0.331. The number of allylic oxidation sites excluding steroid dienone is 2. The zero-order valence-electron chi connectivity index (χ0n) is 37.1. The van der Waals surface area contributed by atoms with Crippen LogP contribution < -0.4 is 4.89 Å². The number of unbranched alkanes of at least 4 members (excludes halogenated alkanes) is 28. The Labute approximate surface area is 341 Å². The monoisotopic (exact) mass is 802 g/mol. The maximum Gasteiger partial charge on any atom is 0.306 e. The number of esters is 1. The molecule has 0 rings (SSSR count). The standard InChI is InChI=1S/C46H92NO7P/c1-6-8-10-12-14-16-18-20-21-22-23-24-25-26-27-29-31-33-35-37-39-46(48)54-45(44-53-55(49,50)52-42-40-47(3,4)5)43-51-41-38-36-34-32-30-28-19-17-15-13-11-9-7-2/h15,17,45H,6-14,16,18-44H2,1-5H3/b17-15-. The molecule has 9 heteroatoms. The lowest BCUT2D eigenvalue weighted by Gasteiger charge is -2.28. The molecule has 0 amide bonds. The van der Waals surface area contributed by atoms with Gasteiger partial charge >= 0.3 is 5.97 Å². The first-order valence-electron chi connectivity index (χ1n) is 23.4. The van der Waals surface area contributed by atoms with Crippen LogP contribution in [0.3, 0.4) is 0 Å². The summed E-state index contributed by atoms with van der Waals surface area (Å²) in [6.45, 7) is 5.42. The van der Waals surface area contributed by atoms with Crippen LogP contribution in [0.25, 0.3) is 0 Å². The summed E-state index contributed by atoms with van der Waals surface area (Å²) in [4.78, 5) is 25.1. The second-order valence-corrected chi connectivity index (χ2v) is 18.5. The SMILES string of the molecule is CCCCC/C=C\CCCCCCCCOCC(COP(=O)([O-])OCC[N+](C)(C)C)OC(=O)CCCCCCCCCCCCCCCCCCCCCC. The Hall–Kier alpha value is -0.760. The normalized spacial score (nSPS) is 13.8. The first-order chi connectivity index (χ1) is 26.6. The van der Waals surface area contributed by atoms with E-state index >= 15 is 0 Å². The van der Waals surface area contributed by atoms with Gasteiger partial charge in [0.25, 0.3) is 7.82 Å². The van der Waals surface area contributed by atoms with Gasteiger partial charge in [0.2, 0.25) is 0 Å². The molecule has 0 aliphatic rings. The number of nitrogens with zero attached hydrogens (tertiary/aromatic N) is 1.